The Balaban J connectivity index is 2.73. The molecule has 0 amide bonds. The summed E-state index contributed by atoms with van der Waals surface area (Å²) in [6.07, 6.45) is 9.83. The Kier molecular flexibility index (Phi) is 7.80. The fourth-order valence-electron chi connectivity index (χ4n) is 4.52. The number of ether oxygens (including phenoxy) is 1. The Labute approximate surface area is 157 Å². The number of hydrogen-bond donors (Lipinski definition) is 2. The molecule has 0 atom stereocenters. The van der Waals surface area contributed by atoms with E-state index in [0.29, 0.717) is 5.92 Å². The summed E-state index contributed by atoms with van der Waals surface area (Å²) in [5, 5.41) is 20.4. The van der Waals surface area contributed by atoms with Crippen LogP contribution in [-0.4, -0.2) is 16.4 Å². The highest BCUT2D eigenvalue weighted by molar-refractivity contribution is 5.68. The van der Waals surface area contributed by atoms with Gasteiger partial charge in [0, 0.05) is 11.1 Å². The van der Waals surface area contributed by atoms with Gasteiger partial charge in [-0.3, -0.25) is 0 Å². The largest absolute Gasteiger partial charge is 0.511 e. The number of rotatable bonds is 8. The van der Waals surface area contributed by atoms with E-state index in [9.17, 15) is 15.0 Å². The molecule has 1 aromatic carbocycles. The number of phenolic OH excluding ortho intramolecular Hbond substituents is 1. The van der Waals surface area contributed by atoms with E-state index in [0.717, 1.165) is 62.5 Å². The van der Waals surface area contributed by atoms with Gasteiger partial charge in [0.2, 0.25) is 0 Å². The predicted octanol–water partition coefficient (Wildman–Crippen LogP) is 6.35. The molecule has 1 saturated carbocycles. The number of aromatic hydroxyl groups is 1. The minimum atomic E-state index is -1.35. The molecule has 1 aliphatic carbocycles. The summed E-state index contributed by atoms with van der Waals surface area (Å²) in [5.74, 6) is 0.599. The SMILES string of the molecule is CCCc1c(CCC)c(OC(=O)O)c(O)c(C2CCCCC2)c1CCC. The second kappa shape index (κ2) is 9.84. The third kappa shape index (κ3) is 4.52. The molecule has 4 heteroatoms. The van der Waals surface area contributed by atoms with Gasteiger partial charge in [-0.25, -0.2) is 4.79 Å². The van der Waals surface area contributed by atoms with E-state index < -0.39 is 6.16 Å². The molecule has 2 N–H and O–H groups in total. The Morgan fingerprint density at radius 1 is 0.923 bits per heavy atom. The Hall–Kier alpha value is -1.71. The van der Waals surface area contributed by atoms with Crippen molar-refractivity contribution in [2.75, 3.05) is 0 Å². The Morgan fingerprint density at radius 2 is 1.46 bits per heavy atom. The number of hydrogen-bond acceptors (Lipinski definition) is 3. The first-order chi connectivity index (χ1) is 12.5. The minimum Gasteiger partial charge on any atom is -0.504 e. The molecule has 0 heterocycles. The topological polar surface area (TPSA) is 66.8 Å². The lowest BCUT2D eigenvalue weighted by molar-refractivity contribution is 0.142. The molecule has 1 aliphatic rings. The van der Waals surface area contributed by atoms with Crippen LogP contribution in [0.4, 0.5) is 4.79 Å². The summed E-state index contributed by atoms with van der Waals surface area (Å²) in [6.45, 7) is 6.39. The van der Waals surface area contributed by atoms with Crippen LogP contribution in [0.15, 0.2) is 0 Å². The quantitative estimate of drug-likeness (QED) is 0.417. The smallest absolute Gasteiger partial charge is 0.504 e. The van der Waals surface area contributed by atoms with Gasteiger partial charge in [0.1, 0.15) is 0 Å². The zero-order valence-corrected chi connectivity index (χ0v) is 16.6. The molecule has 26 heavy (non-hydrogen) atoms. The highest BCUT2D eigenvalue weighted by Gasteiger charge is 2.29. The van der Waals surface area contributed by atoms with Crippen molar-refractivity contribution in [2.24, 2.45) is 0 Å². The lowest BCUT2D eigenvalue weighted by atomic mass is 9.77. The summed E-state index contributed by atoms with van der Waals surface area (Å²) in [6, 6.07) is 0. The van der Waals surface area contributed by atoms with Gasteiger partial charge in [-0.2, -0.15) is 0 Å². The average molecular weight is 363 g/mol. The van der Waals surface area contributed by atoms with Crippen LogP contribution in [0, 0.1) is 0 Å². The van der Waals surface area contributed by atoms with Gasteiger partial charge >= 0.3 is 6.16 Å². The molecule has 0 unspecified atom stereocenters. The first-order valence-electron chi connectivity index (χ1n) is 10.3. The van der Waals surface area contributed by atoms with Crippen molar-refractivity contribution in [1.29, 1.82) is 0 Å². The maximum absolute atomic E-state index is 11.3. The number of carboxylic acid groups (broad SMARTS) is 1. The van der Waals surface area contributed by atoms with Crippen molar-refractivity contribution >= 4 is 6.16 Å². The van der Waals surface area contributed by atoms with Crippen molar-refractivity contribution in [3.63, 3.8) is 0 Å². The zero-order valence-electron chi connectivity index (χ0n) is 16.6. The second-order valence-electron chi connectivity index (χ2n) is 7.48. The van der Waals surface area contributed by atoms with E-state index in [1.807, 2.05) is 0 Å². The van der Waals surface area contributed by atoms with Crippen LogP contribution in [0.2, 0.25) is 0 Å². The first kappa shape index (κ1) is 20.6. The molecule has 1 aromatic rings. The molecule has 2 rings (SSSR count). The average Bonchev–Trinajstić information content (AvgIpc) is 2.62. The van der Waals surface area contributed by atoms with Crippen molar-refractivity contribution in [3.8, 4) is 11.5 Å². The van der Waals surface area contributed by atoms with Crippen LogP contribution in [0.1, 0.15) is 100 Å². The van der Waals surface area contributed by atoms with Crippen molar-refractivity contribution in [3.05, 3.63) is 22.3 Å². The predicted molar refractivity (Wildman–Crippen MR) is 105 cm³/mol. The van der Waals surface area contributed by atoms with Gasteiger partial charge in [0.15, 0.2) is 11.5 Å². The number of carbonyl (C=O) groups is 1. The van der Waals surface area contributed by atoms with Crippen LogP contribution < -0.4 is 4.74 Å². The molecule has 0 spiro atoms. The monoisotopic (exact) mass is 362 g/mol. The van der Waals surface area contributed by atoms with E-state index in [1.54, 1.807) is 0 Å². The molecular weight excluding hydrogens is 328 g/mol. The summed E-state index contributed by atoms with van der Waals surface area (Å²) in [7, 11) is 0. The fraction of sp³-hybridized carbons (Fsp3) is 0.682. The summed E-state index contributed by atoms with van der Waals surface area (Å²) < 4.78 is 5.15. The molecule has 0 radical (unpaired) electrons. The Bertz CT molecular complexity index is 615. The van der Waals surface area contributed by atoms with Gasteiger partial charge in [0.05, 0.1) is 0 Å². The standard InChI is InChI=1S/C22H34O4/c1-4-10-16-17(11-5-2)19(15-13-8-7-9-14-15)20(23)21(26-22(24)25)18(16)12-6-3/h15,23H,4-14H2,1-3H3,(H,24,25). The van der Waals surface area contributed by atoms with E-state index in [2.05, 4.69) is 20.8 Å². The maximum Gasteiger partial charge on any atom is 0.511 e. The molecule has 146 valence electrons. The maximum atomic E-state index is 11.3. The summed E-state index contributed by atoms with van der Waals surface area (Å²) in [5.41, 5.74) is 4.37. The normalized spacial score (nSPS) is 15.2. The van der Waals surface area contributed by atoms with Crippen LogP contribution in [0.3, 0.4) is 0 Å². The van der Waals surface area contributed by atoms with Crippen molar-refractivity contribution < 1.29 is 19.7 Å². The number of benzene rings is 1. The highest BCUT2D eigenvalue weighted by Crippen LogP contribution is 2.48. The minimum absolute atomic E-state index is 0.0889. The molecular formula is C22H34O4. The summed E-state index contributed by atoms with van der Waals surface area (Å²) in [4.78, 5) is 11.3. The third-order valence-corrected chi connectivity index (χ3v) is 5.50. The van der Waals surface area contributed by atoms with Crippen LogP contribution >= 0.6 is 0 Å². The lowest BCUT2D eigenvalue weighted by Crippen LogP contribution is -2.15. The van der Waals surface area contributed by atoms with Crippen LogP contribution in [0.25, 0.3) is 0 Å². The van der Waals surface area contributed by atoms with E-state index in [4.69, 9.17) is 4.74 Å². The fourth-order valence-corrected chi connectivity index (χ4v) is 4.52. The first-order valence-corrected chi connectivity index (χ1v) is 10.3. The zero-order chi connectivity index (χ0) is 19.1. The van der Waals surface area contributed by atoms with E-state index in [-0.39, 0.29) is 11.5 Å². The third-order valence-electron chi connectivity index (χ3n) is 5.50. The van der Waals surface area contributed by atoms with Gasteiger partial charge in [-0.15, -0.1) is 0 Å². The number of phenols is 1. The molecule has 0 aliphatic heterocycles. The van der Waals surface area contributed by atoms with E-state index >= 15 is 0 Å². The van der Waals surface area contributed by atoms with Gasteiger partial charge < -0.3 is 14.9 Å². The van der Waals surface area contributed by atoms with Gasteiger partial charge in [0.25, 0.3) is 0 Å². The van der Waals surface area contributed by atoms with Crippen LogP contribution in [0.5, 0.6) is 11.5 Å². The molecule has 0 saturated heterocycles. The molecule has 0 bridgehead atoms. The second-order valence-corrected chi connectivity index (χ2v) is 7.48. The van der Waals surface area contributed by atoms with Crippen molar-refractivity contribution in [1.82, 2.24) is 0 Å². The molecule has 0 aromatic heterocycles. The summed E-state index contributed by atoms with van der Waals surface area (Å²) >= 11 is 0. The highest BCUT2D eigenvalue weighted by atomic mass is 16.7. The van der Waals surface area contributed by atoms with E-state index in [1.165, 1.54) is 30.4 Å². The lowest BCUT2D eigenvalue weighted by Gasteiger charge is -2.29. The molecule has 1 fully saturated rings. The van der Waals surface area contributed by atoms with Crippen molar-refractivity contribution in [2.45, 2.75) is 97.3 Å². The Morgan fingerprint density at radius 3 is 2.00 bits per heavy atom. The van der Waals surface area contributed by atoms with Crippen LogP contribution in [-0.2, 0) is 19.3 Å². The van der Waals surface area contributed by atoms with Gasteiger partial charge in [-0.05, 0) is 49.1 Å². The van der Waals surface area contributed by atoms with Gasteiger partial charge in [-0.1, -0.05) is 59.3 Å². The molecule has 4 nitrogen and oxygen atoms in total.